The zero-order valence-electron chi connectivity index (χ0n) is 10.4. The Morgan fingerprint density at radius 2 is 2.06 bits per heavy atom. The molecular formula is C13H18FNO2. The van der Waals surface area contributed by atoms with Crippen molar-refractivity contribution in [1.29, 1.82) is 0 Å². The van der Waals surface area contributed by atoms with Gasteiger partial charge in [-0.15, -0.1) is 0 Å². The molecular weight excluding hydrogens is 221 g/mol. The van der Waals surface area contributed by atoms with E-state index in [0.717, 1.165) is 6.42 Å². The Labute approximate surface area is 101 Å². The van der Waals surface area contributed by atoms with Gasteiger partial charge in [0.25, 0.3) is 0 Å². The summed E-state index contributed by atoms with van der Waals surface area (Å²) in [6.07, 6.45) is 1.19. The lowest BCUT2D eigenvalue weighted by Crippen LogP contribution is -2.51. The first kappa shape index (κ1) is 13.5. The highest BCUT2D eigenvalue weighted by atomic mass is 19.1. The van der Waals surface area contributed by atoms with Gasteiger partial charge in [-0.3, -0.25) is 0 Å². The van der Waals surface area contributed by atoms with Crippen molar-refractivity contribution in [2.45, 2.75) is 32.2 Å². The van der Waals surface area contributed by atoms with E-state index in [2.05, 4.69) is 0 Å². The summed E-state index contributed by atoms with van der Waals surface area (Å²) in [5.41, 5.74) is -0.775. The van der Waals surface area contributed by atoms with Crippen LogP contribution in [0.1, 0.15) is 26.7 Å². The van der Waals surface area contributed by atoms with Crippen molar-refractivity contribution >= 4 is 11.7 Å². The maximum Gasteiger partial charge on any atom is 0.329 e. The molecule has 0 saturated heterocycles. The fraction of sp³-hybridized carbons (Fsp3) is 0.462. The molecule has 0 saturated carbocycles. The molecule has 0 aliphatic heterocycles. The Kier molecular flexibility index (Phi) is 4.10. The third-order valence-corrected chi connectivity index (χ3v) is 3.15. The maximum absolute atomic E-state index is 13.6. The number of nitrogens with zero attached hydrogens (tertiary/aromatic N) is 1. The fourth-order valence-electron chi connectivity index (χ4n) is 1.89. The van der Waals surface area contributed by atoms with Crippen LogP contribution in [0.15, 0.2) is 24.3 Å². The van der Waals surface area contributed by atoms with E-state index in [1.807, 2.05) is 6.92 Å². The van der Waals surface area contributed by atoms with Gasteiger partial charge in [-0.2, -0.15) is 0 Å². The molecule has 0 fully saturated rings. The number of carbonyl (C=O) groups is 1. The predicted octanol–water partition coefficient (Wildman–Crippen LogP) is 2.91. The Bertz CT molecular complexity index is 408. The van der Waals surface area contributed by atoms with Gasteiger partial charge in [-0.25, -0.2) is 9.18 Å². The zero-order chi connectivity index (χ0) is 13.1. The molecule has 17 heavy (non-hydrogen) atoms. The number of benzene rings is 1. The van der Waals surface area contributed by atoms with Gasteiger partial charge in [0.05, 0.1) is 5.69 Å². The third-order valence-electron chi connectivity index (χ3n) is 3.15. The lowest BCUT2D eigenvalue weighted by atomic mass is 9.93. The molecule has 1 aromatic carbocycles. The van der Waals surface area contributed by atoms with Gasteiger partial charge >= 0.3 is 5.97 Å². The van der Waals surface area contributed by atoms with Gasteiger partial charge in [0.1, 0.15) is 11.4 Å². The molecule has 0 aliphatic rings. The summed E-state index contributed by atoms with van der Waals surface area (Å²) < 4.78 is 13.6. The first-order valence-electron chi connectivity index (χ1n) is 5.65. The number of halogens is 1. The maximum atomic E-state index is 13.6. The molecule has 3 nitrogen and oxygen atoms in total. The van der Waals surface area contributed by atoms with Crippen LogP contribution in [0.3, 0.4) is 0 Å². The van der Waals surface area contributed by atoms with E-state index >= 15 is 0 Å². The van der Waals surface area contributed by atoms with Crippen molar-refractivity contribution in [3.8, 4) is 0 Å². The summed E-state index contributed by atoms with van der Waals surface area (Å²) in [6.45, 7) is 3.53. The standard InChI is InChI=1S/C13H18FNO2/c1-4-9-13(2,12(16)17)15(3)11-8-6-5-7-10(11)14/h5-8H,4,9H2,1-3H3,(H,16,17). The van der Waals surface area contributed by atoms with Gasteiger partial charge in [-0.1, -0.05) is 25.5 Å². The van der Waals surface area contributed by atoms with Gasteiger partial charge < -0.3 is 10.0 Å². The summed E-state index contributed by atoms with van der Waals surface area (Å²) in [6, 6.07) is 6.21. The SMILES string of the molecule is CCCC(C)(C(=O)O)N(C)c1ccccc1F. The first-order valence-corrected chi connectivity index (χ1v) is 5.65. The van der Waals surface area contributed by atoms with Crippen molar-refractivity contribution in [2.75, 3.05) is 11.9 Å². The van der Waals surface area contributed by atoms with Crippen LogP contribution in [-0.4, -0.2) is 23.7 Å². The molecule has 0 bridgehead atoms. The van der Waals surface area contributed by atoms with Crippen molar-refractivity contribution in [2.24, 2.45) is 0 Å². The summed E-state index contributed by atoms with van der Waals surface area (Å²) in [7, 11) is 1.61. The predicted molar refractivity (Wildman–Crippen MR) is 65.8 cm³/mol. The highest BCUT2D eigenvalue weighted by molar-refractivity contribution is 5.83. The smallest absolute Gasteiger partial charge is 0.329 e. The summed E-state index contributed by atoms with van der Waals surface area (Å²) in [4.78, 5) is 12.9. The molecule has 0 amide bonds. The van der Waals surface area contributed by atoms with Crippen LogP contribution in [0, 0.1) is 5.82 Å². The number of hydrogen-bond acceptors (Lipinski definition) is 2. The number of rotatable bonds is 5. The lowest BCUT2D eigenvalue weighted by molar-refractivity contribution is -0.143. The van der Waals surface area contributed by atoms with Gasteiger partial charge in [0.15, 0.2) is 0 Å². The second-order valence-electron chi connectivity index (χ2n) is 4.34. The lowest BCUT2D eigenvalue weighted by Gasteiger charge is -2.36. The number of para-hydroxylation sites is 1. The average molecular weight is 239 g/mol. The minimum absolute atomic E-state index is 0.311. The van der Waals surface area contributed by atoms with E-state index in [-0.39, 0.29) is 0 Å². The molecule has 1 aromatic rings. The number of carboxylic acid groups (broad SMARTS) is 1. The summed E-state index contributed by atoms with van der Waals surface area (Å²) in [5.74, 6) is -1.34. The normalized spacial score (nSPS) is 14.1. The van der Waals surface area contributed by atoms with E-state index in [9.17, 15) is 14.3 Å². The molecule has 94 valence electrons. The summed E-state index contributed by atoms with van der Waals surface area (Å²) >= 11 is 0. The van der Waals surface area contributed by atoms with E-state index in [0.29, 0.717) is 12.1 Å². The number of likely N-dealkylation sites (N-methyl/N-ethyl adjacent to an activating group) is 1. The zero-order valence-corrected chi connectivity index (χ0v) is 10.4. The second-order valence-corrected chi connectivity index (χ2v) is 4.34. The van der Waals surface area contributed by atoms with Crippen LogP contribution in [0.5, 0.6) is 0 Å². The molecule has 0 spiro atoms. The van der Waals surface area contributed by atoms with Crippen molar-refractivity contribution in [1.82, 2.24) is 0 Å². The molecule has 1 N–H and O–H groups in total. The number of hydrogen-bond donors (Lipinski definition) is 1. The van der Waals surface area contributed by atoms with E-state index in [1.54, 1.807) is 32.2 Å². The van der Waals surface area contributed by atoms with Crippen LogP contribution in [0.2, 0.25) is 0 Å². The van der Waals surface area contributed by atoms with Crippen LogP contribution < -0.4 is 4.90 Å². The van der Waals surface area contributed by atoms with Crippen molar-refractivity contribution in [3.05, 3.63) is 30.1 Å². The first-order chi connectivity index (χ1) is 7.93. The van der Waals surface area contributed by atoms with Crippen LogP contribution in [-0.2, 0) is 4.79 Å². The van der Waals surface area contributed by atoms with Crippen LogP contribution in [0.25, 0.3) is 0 Å². The monoisotopic (exact) mass is 239 g/mol. The van der Waals surface area contributed by atoms with Gasteiger partial charge in [0, 0.05) is 7.05 Å². The number of aliphatic carboxylic acids is 1. The van der Waals surface area contributed by atoms with Crippen LogP contribution in [0.4, 0.5) is 10.1 Å². The molecule has 1 atom stereocenters. The van der Waals surface area contributed by atoms with Crippen molar-refractivity contribution in [3.63, 3.8) is 0 Å². The number of anilines is 1. The molecule has 0 radical (unpaired) electrons. The molecule has 4 heteroatoms. The third kappa shape index (κ3) is 2.57. The topological polar surface area (TPSA) is 40.5 Å². The number of carboxylic acids is 1. The highest BCUT2D eigenvalue weighted by Crippen LogP contribution is 2.28. The Morgan fingerprint density at radius 1 is 1.47 bits per heavy atom. The molecule has 0 aliphatic carbocycles. The van der Waals surface area contributed by atoms with E-state index in [1.165, 1.54) is 11.0 Å². The minimum atomic E-state index is -1.09. The average Bonchev–Trinajstić information content (AvgIpc) is 2.28. The van der Waals surface area contributed by atoms with Crippen molar-refractivity contribution < 1.29 is 14.3 Å². The quantitative estimate of drug-likeness (QED) is 0.858. The fourth-order valence-corrected chi connectivity index (χ4v) is 1.89. The second kappa shape index (κ2) is 5.17. The Balaban J connectivity index is 3.13. The van der Waals surface area contributed by atoms with Crippen LogP contribution >= 0.6 is 0 Å². The molecule has 1 unspecified atom stereocenters. The highest BCUT2D eigenvalue weighted by Gasteiger charge is 2.37. The minimum Gasteiger partial charge on any atom is -0.480 e. The van der Waals surface area contributed by atoms with E-state index in [4.69, 9.17) is 0 Å². The van der Waals surface area contributed by atoms with E-state index < -0.39 is 17.3 Å². The Hall–Kier alpha value is -1.58. The van der Waals surface area contributed by atoms with Gasteiger partial charge in [0.2, 0.25) is 0 Å². The summed E-state index contributed by atoms with van der Waals surface area (Å²) in [5, 5.41) is 9.32. The molecule has 0 heterocycles. The largest absolute Gasteiger partial charge is 0.480 e. The Morgan fingerprint density at radius 3 is 2.53 bits per heavy atom. The van der Waals surface area contributed by atoms with Gasteiger partial charge in [-0.05, 0) is 25.5 Å². The molecule has 1 rings (SSSR count). The molecule has 0 aromatic heterocycles.